The first kappa shape index (κ1) is 86.5. The first-order valence-electron chi connectivity index (χ1n) is 37.7. The van der Waals surface area contributed by atoms with Crippen LogP contribution >= 0.6 is 0 Å². The molecule has 0 aromatic carbocycles. The third-order valence-corrected chi connectivity index (χ3v) is 18.5. The number of hydrogen-bond donors (Lipinski definition) is 12. The number of nitrogens with one attached hydrogen (secondary N) is 1. The average Bonchev–Trinajstić information content (AvgIpc) is 0.787. The first-order chi connectivity index (χ1) is 46.3. The molecule has 3 aliphatic rings. The highest BCUT2D eigenvalue weighted by atomic mass is 16.8. The fourth-order valence-corrected chi connectivity index (χ4v) is 12.3. The van der Waals surface area contributed by atoms with E-state index >= 15 is 0 Å². The zero-order chi connectivity index (χ0) is 68.9. The highest BCUT2D eigenvalue weighted by molar-refractivity contribution is 5.76. The maximum absolute atomic E-state index is 13.4. The zero-order valence-electron chi connectivity index (χ0n) is 58.6. The second-order valence-electron chi connectivity index (χ2n) is 26.7. The standard InChI is InChI=1S/C76H135NO18/c1-3-5-7-9-11-13-15-17-19-21-23-25-27-29-31-33-35-37-39-41-43-45-47-49-51-53-60(81)59(77-64(82)54-52-50-48-46-44-42-40-38-36-34-32-30-28-26-24-22-20-18-16-14-12-10-8-6-4-2)58-90-74-70(88)67(85)72(62(56-79)92-74)95-76-71(89)68(86)73(63(57-80)93-76)94-75-69(87)66(84)65(83)61(55-78)91-75/h16,18,22,24,28,30,35,37,43,45,51,53,59-63,65-76,78-81,83-89H,3-15,17,19-21,23,25-27,29,31-34,36,38-42,44,46-50,52,54-58H2,1-2H3,(H,77,82)/b18-16-,24-22-,30-28-,37-35+,45-43+,53-51+. The van der Waals surface area contributed by atoms with Gasteiger partial charge in [-0.15, -0.1) is 0 Å². The number of allylic oxidation sites excluding steroid dienone is 11. The van der Waals surface area contributed by atoms with E-state index in [1.165, 1.54) is 167 Å². The lowest BCUT2D eigenvalue weighted by atomic mass is 9.96. The molecule has 19 heteroatoms. The molecule has 3 rings (SSSR count). The van der Waals surface area contributed by atoms with Crippen molar-refractivity contribution < 1.29 is 89.4 Å². The Labute approximate surface area is 572 Å². The van der Waals surface area contributed by atoms with Crippen LogP contribution in [-0.4, -0.2) is 193 Å². The number of unbranched alkanes of at least 4 members (excludes halogenated alkanes) is 32. The molecular weight excluding hydrogens is 1210 g/mol. The quantitative estimate of drug-likeness (QED) is 0.0199. The average molecular weight is 1350 g/mol. The molecule has 3 fully saturated rings. The van der Waals surface area contributed by atoms with Gasteiger partial charge in [0.05, 0.1) is 38.6 Å². The van der Waals surface area contributed by atoms with Gasteiger partial charge >= 0.3 is 0 Å². The van der Waals surface area contributed by atoms with Crippen LogP contribution < -0.4 is 5.32 Å². The van der Waals surface area contributed by atoms with Crippen LogP contribution in [0.4, 0.5) is 0 Å². The van der Waals surface area contributed by atoms with E-state index in [-0.39, 0.29) is 18.9 Å². The minimum Gasteiger partial charge on any atom is -0.394 e. The third kappa shape index (κ3) is 38.0. The first-order valence-corrected chi connectivity index (χ1v) is 37.7. The Hall–Kier alpha value is -2.77. The minimum absolute atomic E-state index is 0.224. The van der Waals surface area contributed by atoms with E-state index in [9.17, 15) is 61.0 Å². The van der Waals surface area contributed by atoms with Crippen LogP contribution in [0, 0.1) is 0 Å². The second-order valence-corrected chi connectivity index (χ2v) is 26.7. The Balaban J connectivity index is 1.44. The summed E-state index contributed by atoms with van der Waals surface area (Å²) < 4.78 is 34.4. The molecule has 19 nitrogen and oxygen atoms in total. The van der Waals surface area contributed by atoms with E-state index in [4.69, 9.17) is 28.4 Å². The summed E-state index contributed by atoms with van der Waals surface area (Å²) in [5.41, 5.74) is 0. The molecule has 0 spiro atoms. The molecule has 12 N–H and O–H groups in total. The Morgan fingerprint density at radius 1 is 0.379 bits per heavy atom. The van der Waals surface area contributed by atoms with Gasteiger partial charge in [0, 0.05) is 6.42 Å². The van der Waals surface area contributed by atoms with Crippen LogP contribution in [0.2, 0.25) is 0 Å². The molecule has 3 aliphatic heterocycles. The third-order valence-electron chi connectivity index (χ3n) is 18.5. The Kier molecular flexibility index (Phi) is 51.8. The monoisotopic (exact) mass is 1350 g/mol. The number of carbonyl (C=O) groups is 1. The van der Waals surface area contributed by atoms with Gasteiger partial charge in [-0.2, -0.15) is 0 Å². The van der Waals surface area contributed by atoms with E-state index in [0.29, 0.717) is 12.8 Å². The molecule has 95 heavy (non-hydrogen) atoms. The van der Waals surface area contributed by atoms with Gasteiger partial charge in [0.15, 0.2) is 18.9 Å². The molecular formula is C76H135NO18. The Morgan fingerprint density at radius 2 is 0.705 bits per heavy atom. The van der Waals surface area contributed by atoms with E-state index in [2.05, 4.69) is 79.9 Å². The molecule has 3 saturated heterocycles. The predicted octanol–water partition coefficient (Wildman–Crippen LogP) is 11.3. The molecule has 0 radical (unpaired) electrons. The van der Waals surface area contributed by atoms with Crippen LogP contribution in [0.5, 0.6) is 0 Å². The fourth-order valence-electron chi connectivity index (χ4n) is 12.3. The summed E-state index contributed by atoms with van der Waals surface area (Å²) in [5, 5.41) is 121. The van der Waals surface area contributed by atoms with Gasteiger partial charge in [-0.25, -0.2) is 0 Å². The van der Waals surface area contributed by atoms with Gasteiger partial charge < -0.3 is 89.9 Å². The summed E-state index contributed by atoms with van der Waals surface area (Å²) in [7, 11) is 0. The maximum atomic E-state index is 13.4. The van der Waals surface area contributed by atoms with E-state index < -0.39 is 124 Å². The lowest BCUT2D eigenvalue weighted by Gasteiger charge is -2.48. The summed E-state index contributed by atoms with van der Waals surface area (Å²) in [6, 6.07) is -1.00. The number of rotatable bonds is 58. The lowest BCUT2D eigenvalue weighted by molar-refractivity contribution is -0.379. The van der Waals surface area contributed by atoms with Crippen molar-refractivity contribution in [3.8, 4) is 0 Å². The van der Waals surface area contributed by atoms with Crippen molar-refractivity contribution in [3.63, 3.8) is 0 Å². The second kappa shape index (κ2) is 56.9. The highest BCUT2D eigenvalue weighted by Crippen LogP contribution is 2.33. The van der Waals surface area contributed by atoms with Gasteiger partial charge in [0.2, 0.25) is 5.91 Å². The molecule has 0 saturated carbocycles. The SMILES string of the molecule is CCCCCCC/C=C\C/C=C\C/C=C\CCCCCCCCCCCCC(=O)NC(COC1OC(CO)C(OC2OC(CO)C(OC3OC(CO)C(O)C(O)C3O)C(O)C2O)C(O)C1O)C(O)/C=C/CC/C=C/CC/C=C/CCCCCCCCCCCCCCCCC. The lowest BCUT2D eigenvalue weighted by Crippen LogP contribution is -2.66. The minimum atomic E-state index is -1.99. The normalized spacial score (nSPS) is 27.6. The molecule has 552 valence electrons. The number of ether oxygens (including phenoxy) is 6. The Morgan fingerprint density at radius 3 is 1.13 bits per heavy atom. The maximum Gasteiger partial charge on any atom is 0.220 e. The van der Waals surface area contributed by atoms with Crippen LogP contribution in [0.15, 0.2) is 72.9 Å². The number of aliphatic hydroxyl groups excluding tert-OH is 11. The topological polar surface area (TPSA) is 307 Å². The van der Waals surface area contributed by atoms with Crippen molar-refractivity contribution in [2.75, 3.05) is 26.4 Å². The number of carbonyl (C=O) groups excluding carboxylic acids is 1. The molecule has 0 aromatic heterocycles. The number of amides is 1. The van der Waals surface area contributed by atoms with Crippen molar-refractivity contribution in [2.45, 2.75) is 375 Å². The molecule has 1 amide bonds. The largest absolute Gasteiger partial charge is 0.394 e. The molecule has 3 heterocycles. The molecule has 0 aromatic rings. The Bertz CT molecular complexity index is 2000. The van der Waals surface area contributed by atoms with Crippen LogP contribution in [-0.2, 0) is 33.2 Å². The van der Waals surface area contributed by atoms with Crippen molar-refractivity contribution in [1.82, 2.24) is 5.32 Å². The molecule has 0 aliphatic carbocycles. The summed E-state index contributed by atoms with van der Waals surface area (Å²) in [4.78, 5) is 13.4. The van der Waals surface area contributed by atoms with Crippen LogP contribution in [0.25, 0.3) is 0 Å². The van der Waals surface area contributed by atoms with Gasteiger partial charge in [0.1, 0.15) is 73.2 Å². The molecule has 0 bridgehead atoms. The van der Waals surface area contributed by atoms with E-state index in [0.717, 1.165) is 70.6 Å². The number of hydrogen-bond acceptors (Lipinski definition) is 18. The van der Waals surface area contributed by atoms with Crippen molar-refractivity contribution in [3.05, 3.63) is 72.9 Å². The summed E-state index contributed by atoms with van der Waals surface area (Å²) in [6.07, 6.45) is 45.9. The highest BCUT2D eigenvalue weighted by Gasteiger charge is 2.53. The van der Waals surface area contributed by atoms with Crippen molar-refractivity contribution >= 4 is 5.91 Å². The summed E-state index contributed by atoms with van der Waals surface area (Å²) in [6.45, 7) is 1.71. The van der Waals surface area contributed by atoms with Gasteiger partial charge in [-0.1, -0.05) is 254 Å². The predicted molar refractivity (Wildman–Crippen MR) is 374 cm³/mol. The van der Waals surface area contributed by atoms with Crippen molar-refractivity contribution in [1.29, 1.82) is 0 Å². The summed E-state index contributed by atoms with van der Waals surface area (Å²) >= 11 is 0. The zero-order valence-corrected chi connectivity index (χ0v) is 58.6. The van der Waals surface area contributed by atoms with Crippen LogP contribution in [0.1, 0.15) is 271 Å². The number of aliphatic hydroxyl groups is 11. The van der Waals surface area contributed by atoms with Crippen molar-refractivity contribution in [2.24, 2.45) is 0 Å². The molecule has 17 unspecified atom stereocenters. The van der Waals surface area contributed by atoms with E-state index in [1.54, 1.807) is 6.08 Å². The van der Waals surface area contributed by atoms with E-state index in [1.807, 2.05) is 6.08 Å². The van der Waals surface area contributed by atoms with Gasteiger partial charge in [0.25, 0.3) is 0 Å². The summed E-state index contributed by atoms with van der Waals surface area (Å²) in [5.74, 6) is -0.294. The van der Waals surface area contributed by atoms with Crippen LogP contribution in [0.3, 0.4) is 0 Å². The smallest absolute Gasteiger partial charge is 0.220 e. The van der Waals surface area contributed by atoms with Gasteiger partial charge in [-0.05, 0) is 83.5 Å². The fraction of sp³-hybridized carbons (Fsp3) is 0.829. The molecule has 17 atom stereocenters. The van der Waals surface area contributed by atoms with Gasteiger partial charge in [-0.3, -0.25) is 4.79 Å².